The van der Waals surface area contributed by atoms with Gasteiger partial charge >= 0.3 is 12.4 Å². The lowest BCUT2D eigenvalue weighted by Gasteiger charge is -2.15. The van der Waals surface area contributed by atoms with Gasteiger partial charge in [-0.2, -0.15) is 26.3 Å². The quantitative estimate of drug-likeness (QED) is 0.202. The summed E-state index contributed by atoms with van der Waals surface area (Å²) >= 11 is 0. The average Bonchev–Trinajstić information content (AvgIpc) is 2.85. The van der Waals surface area contributed by atoms with Crippen molar-refractivity contribution in [2.75, 3.05) is 5.32 Å². The number of halogens is 6. The minimum absolute atomic E-state index is 0.243. The van der Waals surface area contributed by atoms with E-state index in [2.05, 4.69) is 17.4 Å². The number of benzene rings is 4. The van der Waals surface area contributed by atoms with Gasteiger partial charge < -0.3 is 5.32 Å². The fourth-order valence-electron chi connectivity index (χ4n) is 4.39. The second kappa shape index (κ2) is 10.4. The topological polar surface area (TPSA) is 12.0 Å². The molecule has 0 aliphatic heterocycles. The molecule has 0 aliphatic rings. The van der Waals surface area contributed by atoms with Crippen LogP contribution >= 0.6 is 0 Å². The molecule has 0 bridgehead atoms. The predicted octanol–water partition coefficient (Wildman–Crippen LogP) is 9.98. The number of hydrogen-bond acceptors (Lipinski definition) is 1. The van der Waals surface area contributed by atoms with Gasteiger partial charge in [-0.15, -0.1) is 0 Å². The molecule has 0 atom stereocenters. The highest BCUT2D eigenvalue weighted by molar-refractivity contribution is 5.91. The van der Waals surface area contributed by atoms with Gasteiger partial charge in [-0.1, -0.05) is 54.1 Å². The second-order valence-corrected chi connectivity index (χ2v) is 9.23. The summed E-state index contributed by atoms with van der Waals surface area (Å²) in [5, 5.41) is 3.40. The highest BCUT2D eigenvalue weighted by Crippen LogP contribution is 2.35. The molecule has 4 aromatic carbocycles. The van der Waals surface area contributed by atoms with Crippen molar-refractivity contribution in [1.82, 2.24) is 0 Å². The molecule has 0 fully saturated rings. The van der Waals surface area contributed by atoms with E-state index >= 15 is 0 Å². The highest BCUT2D eigenvalue weighted by atomic mass is 19.4. The Kier molecular flexibility index (Phi) is 7.40. The second-order valence-electron chi connectivity index (χ2n) is 9.23. The Balaban J connectivity index is 1.73. The van der Waals surface area contributed by atoms with Gasteiger partial charge in [-0.05, 0) is 96.6 Å². The van der Waals surface area contributed by atoms with Crippen LogP contribution in [0.2, 0.25) is 0 Å². The summed E-state index contributed by atoms with van der Waals surface area (Å²) in [5.74, 6) is 0. The maximum Gasteiger partial charge on any atom is 0.416 e. The van der Waals surface area contributed by atoms with E-state index < -0.39 is 23.5 Å². The molecule has 7 heteroatoms. The standard InChI is InChI=1S/C31H25F6N/c1-19-15-20(2)29(21(3)16-19)38-27-13-7-22(8-14-27)17-28(23-9-11-25(12-10-23)30(32,33)34)24-5-4-6-26(18-24)31(35,36)37/h4-18,38H,1-3H3. The third-order valence-corrected chi connectivity index (χ3v) is 6.19. The van der Waals surface area contributed by atoms with Crippen molar-refractivity contribution >= 4 is 23.0 Å². The smallest absolute Gasteiger partial charge is 0.355 e. The average molecular weight is 526 g/mol. The van der Waals surface area contributed by atoms with Crippen molar-refractivity contribution < 1.29 is 26.3 Å². The van der Waals surface area contributed by atoms with E-state index in [1.165, 1.54) is 24.3 Å². The first-order chi connectivity index (χ1) is 17.8. The Bertz CT molecular complexity index is 1440. The maximum absolute atomic E-state index is 13.4. The van der Waals surface area contributed by atoms with Crippen molar-refractivity contribution in [1.29, 1.82) is 0 Å². The number of anilines is 2. The highest BCUT2D eigenvalue weighted by Gasteiger charge is 2.31. The minimum Gasteiger partial charge on any atom is -0.355 e. The molecular formula is C31H25F6N. The third-order valence-electron chi connectivity index (χ3n) is 6.19. The summed E-state index contributed by atoms with van der Waals surface area (Å²) in [5.41, 5.74) is 5.17. The van der Waals surface area contributed by atoms with E-state index in [4.69, 9.17) is 0 Å². The van der Waals surface area contributed by atoms with Crippen LogP contribution in [0.4, 0.5) is 37.7 Å². The van der Waals surface area contributed by atoms with E-state index in [9.17, 15) is 26.3 Å². The Hall–Kier alpha value is -4.00. The Morgan fingerprint density at radius 3 is 1.76 bits per heavy atom. The normalized spacial score (nSPS) is 12.5. The molecular weight excluding hydrogens is 500 g/mol. The molecule has 0 aliphatic carbocycles. The van der Waals surface area contributed by atoms with Gasteiger partial charge in [-0.3, -0.25) is 0 Å². The number of nitrogens with one attached hydrogen (secondary N) is 1. The van der Waals surface area contributed by atoms with Crippen molar-refractivity contribution in [2.24, 2.45) is 0 Å². The van der Waals surface area contributed by atoms with Gasteiger partial charge in [-0.25, -0.2) is 0 Å². The Labute approximate surface area is 217 Å². The van der Waals surface area contributed by atoms with E-state index in [1.807, 2.05) is 32.9 Å². The Morgan fingerprint density at radius 1 is 0.632 bits per heavy atom. The zero-order valence-corrected chi connectivity index (χ0v) is 20.9. The molecule has 1 nitrogen and oxygen atoms in total. The van der Waals surface area contributed by atoms with E-state index in [-0.39, 0.29) is 5.56 Å². The molecule has 0 saturated heterocycles. The van der Waals surface area contributed by atoms with Crippen LogP contribution in [0.5, 0.6) is 0 Å². The van der Waals surface area contributed by atoms with E-state index in [0.717, 1.165) is 52.3 Å². The summed E-state index contributed by atoms with van der Waals surface area (Å²) in [6.45, 7) is 6.07. The molecule has 0 aromatic heterocycles. The van der Waals surface area contributed by atoms with Gasteiger partial charge in [0.2, 0.25) is 0 Å². The lowest BCUT2D eigenvalue weighted by Crippen LogP contribution is -2.06. The molecule has 196 valence electrons. The molecule has 38 heavy (non-hydrogen) atoms. The van der Waals surface area contributed by atoms with Crippen LogP contribution in [0.25, 0.3) is 11.6 Å². The van der Waals surface area contributed by atoms with Crippen molar-refractivity contribution in [3.05, 3.63) is 129 Å². The van der Waals surface area contributed by atoms with Crippen LogP contribution in [0.1, 0.15) is 44.5 Å². The van der Waals surface area contributed by atoms with Crippen LogP contribution in [-0.4, -0.2) is 0 Å². The van der Waals surface area contributed by atoms with E-state index in [1.54, 1.807) is 18.2 Å². The van der Waals surface area contributed by atoms with E-state index in [0.29, 0.717) is 16.7 Å². The van der Waals surface area contributed by atoms with Gasteiger partial charge in [0.15, 0.2) is 0 Å². The van der Waals surface area contributed by atoms with Gasteiger partial charge in [0.05, 0.1) is 11.1 Å². The summed E-state index contributed by atoms with van der Waals surface area (Å²) in [6.07, 6.45) is -7.40. The van der Waals surface area contributed by atoms with Crippen molar-refractivity contribution in [3.8, 4) is 0 Å². The first kappa shape index (κ1) is 27.0. The zero-order valence-electron chi connectivity index (χ0n) is 20.9. The first-order valence-corrected chi connectivity index (χ1v) is 11.8. The fraction of sp³-hybridized carbons (Fsp3) is 0.161. The van der Waals surface area contributed by atoms with Crippen LogP contribution in [-0.2, 0) is 12.4 Å². The van der Waals surface area contributed by atoms with Crippen molar-refractivity contribution in [2.45, 2.75) is 33.1 Å². The largest absolute Gasteiger partial charge is 0.416 e. The molecule has 4 rings (SSSR count). The summed E-state index contributed by atoms with van der Waals surface area (Å²) in [6, 6.07) is 20.6. The third kappa shape index (κ3) is 6.28. The molecule has 0 saturated carbocycles. The number of rotatable bonds is 5. The molecule has 0 radical (unpaired) electrons. The summed E-state index contributed by atoms with van der Waals surface area (Å²) in [7, 11) is 0. The summed E-state index contributed by atoms with van der Waals surface area (Å²) < 4.78 is 79.5. The lowest BCUT2D eigenvalue weighted by atomic mass is 9.93. The predicted molar refractivity (Wildman–Crippen MR) is 140 cm³/mol. The zero-order chi connectivity index (χ0) is 27.7. The maximum atomic E-state index is 13.4. The minimum atomic E-state index is -4.55. The molecule has 1 N–H and O–H groups in total. The summed E-state index contributed by atoms with van der Waals surface area (Å²) in [4.78, 5) is 0. The van der Waals surface area contributed by atoms with Gasteiger partial charge in [0.25, 0.3) is 0 Å². The Morgan fingerprint density at radius 2 is 1.21 bits per heavy atom. The fourth-order valence-corrected chi connectivity index (χ4v) is 4.39. The van der Waals surface area contributed by atoms with Crippen LogP contribution in [0.3, 0.4) is 0 Å². The number of aryl methyl sites for hydroxylation is 3. The molecule has 0 spiro atoms. The van der Waals surface area contributed by atoms with Gasteiger partial charge in [0.1, 0.15) is 0 Å². The monoisotopic (exact) mass is 525 g/mol. The van der Waals surface area contributed by atoms with Gasteiger partial charge in [0, 0.05) is 11.4 Å². The van der Waals surface area contributed by atoms with Crippen molar-refractivity contribution in [3.63, 3.8) is 0 Å². The van der Waals surface area contributed by atoms with Crippen LogP contribution in [0, 0.1) is 20.8 Å². The van der Waals surface area contributed by atoms with Crippen LogP contribution < -0.4 is 5.32 Å². The molecule has 0 heterocycles. The first-order valence-electron chi connectivity index (χ1n) is 11.8. The molecule has 0 amide bonds. The number of alkyl halides is 6. The lowest BCUT2D eigenvalue weighted by molar-refractivity contribution is -0.138. The van der Waals surface area contributed by atoms with Crippen LogP contribution in [0.15, 0.2) is 84.9 Å². The molecule has 0 unspecified atom stereocenters. The molecule has 4 aromatic rings. The number of hydrogen-bond donors (Lipinski definition) is 1. The SMILES string of the molecule is Cc1cc(C)c(Nc2ccc(C=C(c3ccc(C(F)(F)F)cc3)c3cccc(C(F)(F)F)c3)cc2)c(C)c1.